The lowest BCUT2D eigenvalue weighted by atomic mass is 9.97. The van der Waals surface area contributed by atoms with Crippen molar-refractivity contribution in [2.24, 2.45) is 0 Å². The zero-order chi connectivity index (χ0) is 21.8. The standard InChI is InChI=1S/C26H24O5/c1-3-7-20-19(10-13-24(29-2)26(20)28)23-12-11-21-22(27)14-18(15-25(21)31-23)30-16-17-8-5-4-6-9-17/h3-6,8-10,12-15,27-28H,1,7,11,16H2,2H3. The molecule has 1 aliphatic rings. The van der Waals surface area contributed by atoms with Gasteiger partial charge in [0.15, 0.2) is 11.5 Å². The van der Waals surface area contributed by atoms with Gasteiger partial charge in [0, 0.05) is 35.2 Å². The van der Waals surface area contributed by atoms with Gasteiger partial charge < -0.3 is 24.4 Å². The minimum atomic E-state index is 0.0676. The lowest BCUT2D eigenvalue weighted by Crippen LogP contribution is -2.07. The first-order valence-corrected chi connectivity index (χ1v) is 10.0. The second kappa shape index (κ2) is 8.88. The minimum absolute atomic E-state index is 0.0676. The van der Waals surface area contributed by atoms with E-state index in [1.54, 1.807) is 24.3 Å². The van der Waals surface area contributed by atoms with E-state index >= 15 is 0 Å². The van der Waals surface area contributed by atoms with Crippen LogP contribution in [0.3, 0.4) is 0 Å². The van der Waals surface area contributed by atoms with Crippen molar-refractivity contribution in [3.8, 4) is 28.7 Å². The molecule has 0 aromatic heterocycles. The van der Waals surface area contributed by atoms with Gasteiger partial charge >= 0.3 is 0 Å². The summed E-state index contributed by atoms with van der Waals surface area (Å²) < 4.78 is 17.2. The van der Waals surface area contributed by atoms with Crippen LogP contribution in [0.1, 0.15) is 22.3 Å². The Labute approximate surface area is 181 Å². The average molecular weight is 416 g/mol. The number of hydrogen-bond donors (Lipinski definition) is 2. The highest BCUT2D eigenvalue weighted by molar-refractivity contribution is 5.72. The number of phenolic OH excluding ortho intramolecular Hbond substituents is 2. The summed E-state index contributed by atoms with van der Waals surface area (Å²) in [6.07, 6.45) is 4.56. The maximum absolute atomic E-state index is 10.6. The zero-order valence-electron chi connectivity index (χ0n) is 17.3. The van der Waals surface area contributed by atoms with Crippen LogP contribution in [-0.2, 0) is 19.4 Å². The fourth-order valence-corrected chi connectivity index (χ4v) is 3.61. The van der Waals surface area contributed by atoms with E-state index in [1.165, 1.54) is 7.11 Å². The van der Waals surface area contributed by atoms with Crippen LogP contribution >= 0.6 is 0 Å². The Morgan fingerprint density at radius 2 is 1.90 bits per heavy atom. The molecule has 1 aliphatic heterocycles. The molecule has 31 heavy (non-hydrogen) atoms. The Bertz CT molecular complexity index is 1130. The Kier molecular flexibility index (Phi) is 5.85. The zero-order valence-corrected chi connectivity index (χ0v) is 17.3. The van der Waals surface area contributed by atoms with Crippen molar-refractivity contribution in [2.45, 2.75) is 19.4 Å². The number of aromatic hydroxyl groups is 2. The van der Waals surface area contributed by atoms with Gasteiger partial charge in [-0.2, -0.15) is 0 Å². The summed E-state index contributed by atoms with van der Waals surface area (Å²) in [6, 6.07) is 16.8. The molecule has 0 saturated carbocycles. The molecule has 5 nitrogen and oxygen atoms in total. The molecular formula is C26H24O5. The Hall–Kier alpha value is -3.86. The second-order valence-electron chi connectivity index (χ2n) is 7.20. The summed E-state index contributed by atoms with van der Waals surface area (Å²) >= 11 is 0. The van der Waals surface area contributed by atoms with Crippen molar-refractivity contribution in [2.75, 3.05) is 7.11 Å². The van der Waals surface area contributed by atoms with E-state index < -0.39 is 0 Å². The number of hydrogen-bond acceptors (Lipinski definition) is 5. The van der Waals surface area contributed by atoms with Crippen molar-refractivity contribution in [1.29, 1.82) is 0 Å². The minimum Gasteiger partial charge on any atom is -0.507 e. The van der Waals surface area contributed by atoms with E-state index in [-0.39, 0.29) is 11.5 Å². The van der Waals surface area contributed by atoms with E-state index in [0.29, 0.717) is 53.6 Å². The molecule has 0 atom stereocenters. The summed E-state index contributed by atoms with van der Waals surface area (Å²) in [5.74, 6) is 2.23. The van der Waals surface area contributed by atoms with E-state index in [4.69, 9.17) is 14.2 Å². The van der Waals surface area contributed by atoms with Gasteiger partial charge in [-0.05, 0) is 30.2 Å². The molecule has 0 unspecified atom stereocenters. The number of fused-ring (bicyclic) bond motifs is 1. The third kappa shape index (κ3) is 4.21. The van der Waals surface area contributed by atoms with Gasteiger partial charge in [0.2, 0.25) is 0 Å². The summed E-state index contributed by atoms with van der Waals surface area (Å²) in [5.41, 5.74) is 3.14. The molecule has 0 amide bonds. The fraction of sp³-hybridized carbons (Fsp3) is 0.154. The molecule has 0 fully saturated rings. The smallest absolute Gasteiger partial charge is 0.161 e. The van der Waals surface area contributed by atoms with E-state index in [9.17, 15) is 10.2 Å². The highest BCUT2D eigenvalue weighted by Crippen LogP contribution is 2.42. The van der Waals surface area contributed by atoms with Crippen LogP contribution in [0.15, 0.2) is 73.3 Å². The normalized spacial score (nSPS) is 12.4. The van der Waals surface area contributed by atoms with Crippen LogP contribution < -0.4 is 14.2 Å². The first-order valence-electron chi connectivity index (χ1n) is 10.0. The molecule has 3 aromatic carbocycles. The molecule has 0 radical (unpaired) electrons. The second-order valence-corrected chi connectivity index (χ2v) is 7.20. The lowest BCUT2D eigenvalue weighted by molar-refractivity contribution is 0.302. The summed E-state index contributed by atoms with van der Waals surface area (Å²) in [4.78, 5) is 0. The number of ether oxygens (including phenoxy) is 3. The first-order chi connectivity index (χ1) is 15.1. The van der Waals surface area contributed by atoms with Crippen LogP contribution in [-0.4, -0.2) is 17.3 Å². The maximum atomic E-state index is 10.6. The van der Waals surface area contributed by atoms with Gasteiger partial charge in [-0.1, -0.05) is 36.4 Å². The van der Waals surface area contributed by atoms with Crippen molar-refractivity contribution < 1.29 is 24.4 Å². The predicted octanol–water partition coefficient (Wildman–Crippen LogP) is 5.39. The monoisotopic (exact) mass is 416 g/mol. The lowest BCUT2D eigenvalue weighted by Gasteiger charge is -2.22. The molecule has 158 valence electrons. The topological polar surface area (TPSA) is 68.2 Å². The van der Waals surface area contributed by atoms with Gasteiger partial charge in [-0.3, -0.25) is 0 Å². The highest BCUT2D eigenvalue weighted by Gasteiger charge is 2.22. The van der Waals surface area contributed by atoms with Gasteiger partial charge in [0.1, 0.15) is 29.6 Å². The van der Waals surface area contributed by atoms with Crippen LogP contribution in [0.5, 0.6) is 28.7 Å². The molecule has 2 N–H and O–H groups in total. The number of phenols is 2. The Balaban J connectivity index is 1.62. The maximum Gasteiger partial charge on any atom is 0.161 e. The Morgan fingerprint density at radius 3 is 2.65 bits per heavy atom. The van der Waals surface area contributed by atoms with Gasteiger partial charge in [-0.25, -0.2) is 0 Å². The molecule has 5 heteroatoms. The third-order valence-corrected chi connectivity index (χ3v) is 5.20. The largest absolute Gasteiger partial charge is 0.507 e. The molecule has 0 bridgehead atoms. The number of methoxy groups -OCH3 is 1. The average Bonchev–Trinajstić information content (AvgIpc) is 2.79. The molecule has 0 spiro atoms. The van der Waals surface area contributed by atoms with Crippen LogP contribution in [0.2, 0.25) is 0 Å². The van der Waals surface area contributed by atoms with E-state index in [1.807, 2.05) is 42.5 Å². The fourth-order valence-electron chi connectivity index (χ4n) is 3.61. The molecular weight excluding hydrogens is 392 g/mol. The molecule has 4 rings (SSSR count). The molecule has 0 saturated heterocycles. The SMILES string of the molecule is C=CCc1c(C2=CCc3c(O)cc(OCc4ccccc4)cc3O2)ccc(OC)c1O. The van der Waals surface area contributed by atoms with E-state index in [2.05, 4.69) is 6.58 Å². The summed E-state index contributed by atoms with van der Waals surface area (Å²) in [5, 5.41) is 21.1. The molecule has 3 aromatic rings. The van der Waals surface area contributed by atoms with Crippen molar-refractivity contribution in [1.82, 2.24) is 0 Å². The highest BCUT2D eigenvalue weighted by atomic mass is 16.5. The molecule has 0 aliphatic carbocycles. The van der Waals surface area contributed by atoms with Crippen LogP contribution in [0, 0.1) is 0 Å². The van der Waals surface area contributed by atoms with Crippen molar-refractivity contribution in [3.63, 3.8) is 0 Å². The van der Waals surface area contributed by atoms with Crippen molar-refractivity contribution in [3.05, 3.63) is 95.6 Å². The number of benzene rings is 3. The van der Waals surface area contributed by atoms with Crippen molar-refractivity contribution >= 4 is 5.76 Å². The van der Waals surface area contributed by atoms with E-state index in [0.717, 1.165) is 11.1 Å². The van der Waals surface area contributed by atoms with Gasteiger partial charge in [0.05, 0.1) is 7.11 Å². The first kappa shape index (κ1) is 20.4. The van der Waals surface area contributed by atoms with Gasteiger partial charge in [0.25, 0.3) is 0 Å². The predicted molar refractivity (Wildman–Crippen MR) is 120 cm³/mol. The van der Waals surface area contributed by atoms with Crippen LogP contribution in [0.25, 0.3) is 5.76 Å². The van der Waals surface area contributed by atoms with Gasteiger partial charge in [-0.15, -0.1) is 6.58 Å². The summed E-state index contributed by atoms with van der Waals surface area (Å²) in [7, 11) is 1.51. The number of allylic oxidation sites excluding steroid dienone is 2. The third-order valence-electron chi connectivity index (χ3n) is 5.20. The quantitative estimate of drug-likeness (QED) is 0.506. The molecule has 1 heterocycles. The summed E-state index contributed by atoms with van der Waals surface area (Å²) in [6.45, 7) is 4.17. The Morgan fingerprint density at radius 1 is 1.10 bits per heavy atom. The number of rotatable bonds is 7. The van der Waals surface area contributed by atoms with Crippen LogP contribution in [0.4, 0.5) is 0 Å².